The highest BCUT2D eigenvalue weighted by molar-refractivity contribution is 7.89. The van der Waals surface area contributed by atoms with E-state index < -0.39 is 16.0 Å². The lowest BCUT2D eigenvalue weighted by Crippen LogP contribution is -2.30. The van der Waals surface area contributed by atoms with E-state index in [2.05, 4.69) is 4.74 Å². The minimum Gasteiger partial charge on any atom is -0.469 e. The van der Waals surface area contributed by atoms with Crippen LogP contribution in [0.3, 0.4) is 0 Å². The number of ether oxygens (including phenoxy) is 1. The van der Waals surface area contributed by atoms with Crippen LogP contribution in [-0.4, -0.2) is 39.4 Å². The highest BCUT2D eigenvalue weighted by atomic mass is 35.5. The summed E-state index contributed by atoms with van der Waals surface area (Å²) in [6, 6.07) is 2.58. The standard InChI is InChI=1S/C11H12Cl3NO4S/c1-15(4-3-10(16)19-2)20(17,18)11-8(13)5-7(12)6-9(11)14/h5-6H,3-4H2,1-2H3. The molecule has 0 spiro atoms. The van der Waals surface area contributed by atoms with Crippen LogP contribution in [-0.2, 0) is 19.6 Å². The highest BCUT2D eigenvalue weighted by Crippen LogP contribution is 2.34. The number of halogens is 3. The van der Waals surface area contributed by atoms with Crippen LogP contribution in [0.15, 0.2) is 17.0 Å². The second-order valence-corrected chi connectivity index (χ2v) is 7.08. The summed E-state index contributed by atoms with van der Waals surface area (Å²) in [5.41, 5.74) is 0. The number of benzene rings is 1. The number of methoxy groups -OCH3 is 1. The summed E-state index contributed by atoms with van der Waals surface area (Å²) in [6.07, 6.45) is -0.0743. The van der Waals surface area contributed by atoms with Gasteiger partial charge in [-0.1, -0.05) is 34.8 Å². The van der Waals surface area contributed by atoms with Crippen LogP contribution in [0.2, 0.25) is 15.1 Å². The molecule has 112 valence electrons. The zero-order valence-corrected chi connectivity index (χ0v) is 13.8. The van der Waals surface area contributed by atoms with E-state index in [-0.39, 0.29) is 32.9 Å². The molecule has 0 aliphatic rings. The second kappa shape index (κ2) is 6.95. The third kappa shape index (κ3) is 3.99. The molecule has 1 aromatic carbocycles. The van der Waals surface area contributed by atoms with Gasteiger partial charge in [0.2, 0.25) is 10.0 Å². The summed E-state index contributed by atoms with van der Waals surface area (Å²) in [7, 11) is -1.37. The lowest BCUT2D eigenvalue weighted by Gasteiger charge is -2.18. The van der Waals surface area contributed by atoms with Crippen LogP contribution in [0.5, 0.6) is 0 Å². The van der Waals surface area contributed by atoms with Gasteiger partial charge in [-0.2, -0.15) is 0 Å². The number of carbonyl (C=O) groups excluding carboxylic acids is 1. The van der Waals surface area contributed by atoms with Gasteiger partial charge in [0, 0.05) is 18.6 Å². The summed E-state index contributed by atoms with van der Waals surface area (Å²) in [6.45, 7) is -0.0513. The Morgan fingerprint density at radius 3 is 2.20 bits per heavy atom. The molecular formula is C11H12Cl3NO4S. The molecule has 0 heterocycles. The van der Waals surface area contributed by atoms with E-state index in [1.54, 1.807) is 0 Å². The maximum absolute atomic E-state index is 12.3. The fourth-order valence-corrected chi connectivity index (χ4v) is 4.06. The van der Waals surface area contributed by atoms with Crippen LogP contribution < -0.4 is 0 Å². The molecule has 0 N–H and O–H groups in total. The molecule has 1 rings (SSSR count). The average molecular weight is 361 g/mol. The van der Waals surface area contributed by atoms with Crippen molar-refractivity contribution in [3.8, 4) is 0 Å². The Morgan fingerprint density at radius 2 is 1.75 bits per heavy atom. The topological polar surface area (TPSA) is 63.7 Å². The number of rotatable bonds is 5. The van der Waals surface area contributed by atoms with Crippen LogP contribution in [0, 0.1) is 0 Å². The Bertz CT molecular complexity index is 595. The largest absolute Gasteiger partial charge is 0.469 e. The summed E-state index contributed by atoms with van der Waals surface area (Å²) < 4.78 is 30.1. The molecule has 5 nitrogen and oxygen atoms in total. The van der Waals surface area contributed by atoms with Gasteiger partial charge in [0.15, 0.2) is 0 Å². The molecule has 0 aliphatic carbocycles. The van der Waals surface area contributed by atoms with Gasteiger partial charge in [0.05, 0.1) is 23.6 Å². The van der Waals surface area contributed by atoms with Crippen molar-refractivity contribution in [3.63, 3.8) is 0 Å². The Morgan fingerprint density at radius 1 is 1.25 bits per heavy atom. The van der Waals surface area contributed by atoms with Crippen molar-refractivity contribution in [2.75, 3.05) is 20.7 Å². The number of hydrogen-bond donors (Lipinski definition) is 0. The first-order valence-corrected chi connectivity index (χ1v) is 7.95. The Balaban J connectivity index is 3.08. The summed E-state index contributed by atoms with van der Waals surface area (Å²) in [5.74, 6) is -0.514. The van der Waals surface area contributed by atoms with Crippen molar-refractivity contribution < 1.29 is 17.9 Å². The zero-order chi connectivity index (χ0) is 15.5. The fourth-order valence-electron chi connectivity index (χ4n) is 1.40. The van der Waals surface area contributed by atoms with Gasteiger partial charge in [-0.05, 0) is 12.1 Å². The molecule has 0 saturated carbocycles. The first-order chi connectivity index (χ1) is 9.20. The average Bonchev–Trinajstić information content (AvgIpc) is 2.33. The van der Waals surface area contributed by atoms with E-state index in [0.29, 0.717) is 0 Å². The molecule has 0 atom stereocenters. The zero-order valence-electron chi connectivity index (χ0n) is 10.7. The maximum Gasteiger partial charge on any atom is 0.306 e. The minimum absolute atomic E-state index is 0.0513. The predicted molar refractivity (Wildman–Crippen MR) is 77.9 cm³/mol. The third-order valence-corrected chi connectivity index (χ3v) is 5.49. The number of sulfonamides is 1. The van der Waals surface area contributed by atoms with E-state index in [1.807, 2.05) is 0 Å². The van der Waals surface area contributed by atoms with Crippen molar-refractivity contribution in [3.05, 3.63) is 27.2 Å². The Hall–Kier alpha value is -0.530. The van der Waals surface area contributed by atoms with E-state index in [9.17, 15) is 13.2 Å². The molecule has 0 bridgehead atoms. The predicted octanol–water partition coefficient (Wildman–Crippen LogP) is 2.83. The molecule has 0 fully saturated rings. The molecule has 1 aromatic rings. The molecule has 9 heteroatoms. The molecule has 0 aromatic heterocycles. The Kier molecular flexibility index (Phi) is 6.09. The van der Waals surface area contributed by atoms with E-state index in [1.165, 1.54) is 26.3 Å². The lowest BCUT2D eigenvalue weighted by atomic mass is 10.4. The van der Waals surface area contributed by atoms with Crippen LogP contribution in [0.1, 0.15) is 6.42 Å². The first kappa shape index (κ1) is 17.5. The highest BCUT2D eigenvalue weighted by Gasteiger charge is 2.27. The maximum atomic E-state index is 12.3. The lowest BCUT2D eigenvalue weighted by molar-refractivity contribution is -0.140. The summed E-state index contributed by atoms with van der Waals surface area (Å²) >= 11 is 17.5. The minimum atomic E-state index is -3.92. The first-order valence-electron chi connectivity index (χ1n) is 5.38. The number of hydrogen-bond acceptors (Lipinski definition) is 4. The number of carbonyl (C=O) groups is 1. The summed E-state index contributed by atoms with van der Waals surface area (Å²) in [4.78, 5) is 10.8. The van der Waals surface area contributed by atoms with Gasteiger partial charge in [0.1, 0.15) is 4.90 Å². The molecular weight excluding hydrogens is 349 g/mol. The van der Waals surface area contributed by atoms with Crippen molar-refractivity contribution in [2.24, 2.45) is 0 Å². The van der Waals surface area contributed by atoms with Gasteiger partial charge in [-0.3, -0.25) is 4.79 Å². The molecule has 0 radical (unpaired) electrons. The second-order valence-electron chi connectivity index (χ2n) is 3.85. The van der Waals surface area contributed by atoms with Crippen molar-refractivity contribution in [1.82, 2.24) is 4.31 Å². The van der Waals surface area contributed by atoms with E-state index in [4.69, 9.17) is 34.8 Å². The molecule has 0 unspecified atom stereocenters. The normalized spacial score (nSPS) is 11.7. The van der Waals surface area contributed by atoms with Crippen molar-refractivity contribution in [2.45, 2.75) is 11.3 Å². The van der Waals surface area contributed by atoms with Crippen molar-refractivity contribution >= 4 is 50.8 Å². The van der Waals surface area contributed by atoms with Crippen molar-refractivity contribution in [1.29, 1.82) is 0 Å². The van der Waals surface area contributed by atoms with Gasteiger partial charge in [0.25, 0.3) is 0 Å². The van der Waals surface area contributed by atoms with Gasteiger partial charge < -0.3 is 4.74 Å². The van der Waals surface area contributed by atoms with Crippen LogP contribution >= 0.6 is 34.8 Å². The smallest absolute Gasteiger partial charge is 0.306 e. The SMILES string of the molecule is COC(=O)CCN(C)S(=O)(=O)c1c(Cl)cc(Cl)cc1Cl. The van der Waals surface area contributed by atoms with E-state index >= 15 is 0 Å². The third-order valence-electron chi connectivity index (χ3n) is 2.49. The monoisotopic (exact) mass is 359 g/mol. The molecule has 20 heavy (non-hydrogen) atoms. The molecule has 0 saturated heterocycles. The van der Waals surface area contributed by atoms with Gasteiger partial charge >= 0.3 is 5.97 Å². The number of esters is 1. The quantitative estimate of drug-likeness (QED) is 0.757. The number of nitrogens with zero attached hydrogens (tertiary/aromatic N) is 1. The molecule has 0 amide bonds. The van der Waals surface area contributed by atoms with E-state index in [0.717, 1.165) is 4.31 Å². The van der Waals surface area contributed by atoms with Crippen LogP contribution in [0.25, 0.3) is 0 Å². The summed E-state index contributed by atoms with van der Waals surface area (Å²) in [5, 5.41) is 0.0796. The molecule has 0 aliphatic heterocycles. The van der Waals surface area contributed by atoms with Gasteiger partial charge in [-0.15, -0.1) is 0 Å². The Labute approximate surface area is 132 Å². The van der Waals surface area contributed by atoms with Gasteiger partial charge in [-0.25, -0.2) is 12.7 Å². The van der Waals surface area contributed by atoms with Crippen LogP contribution in [0.4, 0.5) is 0 Å². The fraction of sp³-hybridized carbons (Fsp3) is 0.364.